The minimum atomic E-state index is -0.796. The highest BCUT2D eigenvalue weighted by Gasteiger charge is 2.67. The minimum absolute atomic E-state index is 0.168. The predicted molar refractivity (Wildman–Crippen MR) is 102 cm³/mol. The Bertz CT molecular complexity index is 1090. The second kappa shape index (κ2) is 6.09. The first kappa shape index (κ1) is 17.5. The highest BCUT2D eigenvalue weighted by molar-refractivity contribution is 6.02. The number of aryl methyl sites for hydroxylation is 1. The van der Waals surface area contributed by atoms with Crippen LogP contribution in [0.4, 0.5) is 5.82 Å². The summed E-state index contributed by atoms with van der Waals surface area (Å²) in [6, 6.07) is 7.25. The SMILES string of the molecule is Cc1cc(N2CC34C=C[C@@H](O3)C(C(=O)NCc3ccc5c(c3)OCO5)C4C2=O)no1. The van der Waals surface area contributed by atoms with Gasteiger partial charge in [0.1, 0.15) is 11.4 Å². The van der Waals surface area contributed by atoms with Crippen molar-refractivity contribution in [2.75, 3.05) is 18.2 Å². The van der Waals surface area contributed by atoms with Gasteiger partial charge in [-0.2, -0.15) is 0 Å². The molecule has 2 aromatic rings. The summed E-state index contributed by atoms with van der Waals surface area (Å²) in [5.41, 5.74) is 0.0920. The quantitative estimate of drug-likeness (QED) is 0.760. The van der Waals surface area contributed by atoms with Gasteiger partial charge in [0.2, 0.25) is 18.6 Å². The third-order valence-electron chi connectivity index (χ3n) is 6.20. The maximum absolute atomic E-state index is 13.2. The lowest BCUT2D eigenvalue weighted by Crippen LogP contribution is -2.44. The fraction of sp³-hybridized carbons (Fsp3) is 0.381. The molecule has 0 radical (unpaired) electrons. The van der Waals surface area contributed by atoms with Gasteiger partial charge in [-0.1, -0.05) is 23.4 Å². The number of aromatic nitrogens is 1. The van der Waals surface area contributed by atoms with Crippen LogP contribution in [0.1, 0.15) is 11.3 Å². The van der Waals surface area contributed by atoms with Crippen molar-refractivity contribution in [3.8, 4) is 11.5 Å². The van der Waals surface area contributed by atoms with Crippen LogP contribution < -0.4 is 19.7 Å². The number of amides is 2. The monoisotopic (exact) mass is 409 g/mol. The molecule has 4 aliphatic rings. The Balaban J connectivity index is 1.21. The Labute approximate surface area is 171 Å². The summed E-state index contributed by atoms with van der Waals surface area (Å²) in [7, 11) is 0. The molecule has 6 rings (SSSR count). The Kier molecular flexibility index (Phi) is 3.55. The summed E-state index contributed by atoms with van der Waals surface area (Å²) in [5.74, 6) is 0.872. The summed E-state index contributed by atoms with van der Waals surface area (Å²) in [6.45, 7) is 2.61. The van der Waals surface area contributed by atoms with Crippen molar-refractivity contribution in [1.82, 2.24) is 10.5 Å². The molecule has 3 unspecified atom stereocenters. The Morgan fingerprint density at radius 2 is 2.17 bits per heavy atom. The van der Waals surface area contributed by atoms with Gasteiger partial charge in [-0.3, -0.25) is 14.5 Å². The average molecular weight is 409 g/mol. The molecule has 9 nitrogen and oxygen atoms in total. The molecule has 2 fully saturated rings. The lowest BCUT2D eigenvalue weighted by molar-refractivity contribution is -0.132. The topological polar surface area (TPSA) is 103 Å². The smallest absolute Gasteiger partial charge is 0.235 e. The van der Waals surface area contributed by atoms with Gasteiger partial charge in [0.15, 0.2) is 17.3 Å². The summed E-state index contributed by atoms with van der Waals surface area (Å²) >= 11 is 0. The van der Waals surface area contributed by atoms with Crippen molar-refractivity contribution in [3.63, 3.8) is 0 Å². The molecule has 2 saturated heterocycles. The second-order valence-electron chi connectivity index (χ2n) is 8.03. The maximum atomic E-state index is 13.2. The van der Waals surface area contributed by atoms with Gasteiger partial charge < -0.3 is 24.1 Å². The van der Waals surface area contributed by atoms with E-state index in [1.165, 1.54) is 0 Å². The number of nitrogens with zero attached hydrogens (tertiary/aromatic N) is 2. The zero-order chi connectivity index (χ0) is 20.5. The molecule has 1 spiro atoms. The molecule has 1 aromatic heterocycles. The number of hydrogen-bond acceptors (Lipinski definition) is 7. The lowest BCUT2D eigenvalue weighted by Gasteiger charge is -2.23. The van der Waals surface area contributed by atoms with Gasteiger partial charge in [0.25, 0.3) is 0 Å². The van der Waals surface area contributed by atoms with Crippen LogP contribution in [0.5, 0.6) is 11.5 Å². The maximum Gasteiger partial charge on any atom is 0.235 e. The number of carbonyl (C=O) groups excluding carboxylic acids is 2. The molecule has 4 atom stereocenters. The number of anilines is 1. The normalized spacial score (nSPS) is 30.2. The highest BCUT2D eigenvalue weighted by Crippen LogP contribution is 2.52. The van der Waals surface area contributed by atoms with E-state index in [4.69, 9.17) is 18.7 Å². The van der Waals surface area contributed by atoms with Crippen LogP contribution in [0, 0.1) is 18.8 Å². The zero-order valence-corrected chi connectivity index (χ0v) is 16.2. The van der Waals surface area contributed by atoms with Gasteiger partial charge >= 0.3 is 0 Å². The Morgan fingerprint density at radius 1 is 1.30 bits per heavy atom. The van der Waals surface area contributed by atoms with Crippen LogP contribution in [0.3, 0.4) is 0 Å². The minimum Gasteiger partial charge on any atom is -0.454 e. The Morgan fingerprint density at radius 3 is 3.00 bits per heavy atom. The third kappa shape index (κ3) is 2.41. The van der Waals surface area contributed by atoms with E-state index in [9.17, 15) is 9.59 Å². The number of carbonyl (C=O) groups is 2. The molecule has 1 aromatic carbocycles. The Hall–Kier alpha value is -3.33. The summed E-state index contributed by atoms with van der Waals surface area (Å²) in [4.78, 5) is 27.9. The summed E-state index contributed by atoms with van der Waals surface area (Å²) in [5, 5.41) is 6.91. The third-order valence-corrected chi connectivity index (χ3v) is 6.20. The van der Waals surface area contributed by atoms with Gasteiger partial charge in [-0.25, -0.2) is 0 Å². The van der Waals surface area contributed by atoms with Crippen molar-refractivity contribution >= 4 is 17.6 Å². The first-order valence-corrected chi connectivity index (χ1v) is 9.82. The largest absolute Gasteiger partial charge is 0.454 e. The average Bonchev–Trinajstić information content (AvgIpc) is 3.53. The van der Waals surface area contributed by atoms with Crippen molar-refractivity contribution in [3.05, 3.63) is 47.7 Å². The molecule has 0 saturated carbocycles. The van der Waals surface area contributed by atoms with Gasteiger partial charge in [0, 0.05) is 12.6 Å². The standard InChI is InChI=1S/C21H19N3O6/c1-11-6-16(23-30-11)24-9-21-5-4-14(29-21)17(18(21)20(24)26)19(25)22-8-12-2-3-13-15(7-12)28-10-27-13/h2-7,14,17-18H,8-10H2,1H3,(H,22,25)/t14-,17?,18?,21?/m1/s1. The van der Waals surface area contributed by atoms with E-state index < -0.39 is 23.5 Å². The predicted octanol–water partition coefficient (Wildman–Crippen LogP) is 1.31. The molecule has 4 aliphatic heterocycles. The van der Waals surface area contributed by atoms with E-state index in [0.29, 0.717) is 36.2 Å². The van der Waals surface area contributed by atoms with Crippen molar-refractivity contribution in [2.45, 2.75) is 25.2 Å². The van der Waals surface area contributed by atoms with Crippen molar-refractivity contribution < 1.29 is 28.3 Å². The van der Waals surface area contributed by atoms with Crippen LogP contribution >= 0.6 is 0 Å². The van der Waals surface area contributed by atoms with Gasteiger partial charge in [0.05, 0.1) is 24.5 Å². The fourth-order valence-corrected chi connectivity index (χ4v) is 4.83. The first-order chi connectivity index (χ1) is 14.5. The number of fused-ring (bicyclic) bond motifs is 2. The molecule has 154 valence electrons. The van der Waals surface area contributed by atoms with E-state index in [0.717, 1.165) is 5.56 Å². The highest BCUT2D eigenvalue weighted by atomic mass is 16.7. The first-order valence-electron chi connectivity index (χ1n) is 9.82. The number of ether oxygens (including phenoxy) is 3. The van der Waals surface area contributed by atoms with E-state index in [-0.39, 0.29) is 18.6 Å². The van der Waals surface area contributed by atoms with Gasteiger partial charge in [-0.05, 0) is 24.6 Å². The zero-order valence-electron chi connectivity index (χ0n) is 16.2. The van der Waals surface area contributed by atoms with Crippen molar-refractivity contribution in [1.29, 1.82) is 0 Å². The van der Waals surface area contributed by atoms with Crippen LogP contribution in [-0.2, 0) is 20.9 Å². The number of benzene rings is 1. The van der Waals surface area contributed by atoms with Crippen LogP contribution in [0.15, 0.2) is 40.9 Å². The molecule has 30 heavy (non-hydrogen) atoms. The number of hydrogen-bond donors (Lipinski definition) is 1. The summed E-state index contributed by atoms with van der Waals surface area (Å²) in [6.07, 6.45) is 3.39. The molecule has 2 amide bonds. The molecular formula is C21H19N3O6. The van der Waals surface area contributed by atoms with E-state index in [1.54, 1.807) is 17.9 Å². The molecule has 2 bridgehead atoms. The molecule has 0 aliphatic carbocycles. The van der Waals surface area contributed by atoms with Crippen LogP contribution in [0.2, 0.25) is 0 Å². The number of rotatable bonds is 4. The van der Waals surface area contributed by atoms with Crippen LogP contribution in [-0.4, -0.2) is 42.0 Å². The van der Waals surface area contributed by atoms with Crippen LogP contribution in [0.25, 0.3) is 0 Å². The van der Waals surface area contributed by atoms with Crippen molar-refractivity contribution in [2.24, 2.45) is 11.8 Å². The fourth-order valence-electron chi connectivity index (χ4n) is 4.83. The summed E-state index contributed by atoms with van der Waals surface area (Å²) < 4.78 is 21.9. The van der Waals surface area contributed by atoms with E-state index >= 15 is 0 Å². The van der Waals surface area contributed by atoms with Gasteiger partial charge in [-0.15, -0.1) is 0 Å². The molecular weight excluding hydrogens is 390 g/mol. The lowest BCUT2D eigenvalue weighted by atomic mass is 9.77. The number of nitrogens with one attached hydrogen (secondary N) is 1. The second-order valence-corrected chi connectivity index (χ2v) is 8.03. The molecule has 9 heteroatoms. The van der Waals surface area contributed by atoms with E-state index in [1.807, 2.05) is 30.4 Å². The molecule has 1 N–H and O–H groups in total. The molecule has 5 heterocycles. The van der Waals surface area contributed by atoms with E-state index in [2.05, 4.69) is 10.5 Å².